The van der Waals surface area contributed by atoms with Gasteiger partial charge in [-0.1, -0.05) is 26.3 Å². The Bertz CT molecular complexity index is 376. The number of hydrogen-bond donors (Lipinski definition) is 2. The van der Waals surface area contributed by atoms with Crippen LogP contribution in [0.25, 0.3) is 0 Å². The molecule has 0 aromatic carbocycles. The lowest BCUT2D eigenvalue weighted by molar-refractivity contribution is -0.293. The van der Waals surface area contributed by atoms with E-state index in [-0.39, 0.29) is 23.9 Å². The van der Waals surface area contributed by atoms with Crippen molar-refractivity contribution >= 4 is 5.97 Å². The highest BCUT2D eigenvalue weighted by molar-refractivity contribution is 5.70. The lowest BCUT2D eigenvalue weighted by atomic mass is 9.58. The van der Waals surface area contributed by atoms with Gasteiger partial charge in [0.1, 0.15) is 6.10 Å². The Morgan fingerprint density at radius 1 is 1.47 bits per heavy atom. The minimum absolute atomic E-state index is 0.0829. The number of allylic oxidation sites excluding steroid dienone is 1. The van der Waals surface area contributed by atoms with Crippen LogP contribution in [0.2, 0.25) is 0 Å². The molecule has 0 aromatic rings. The van der Waals surface area contributed by atoms with Crippen molar-refractivity contribution in [2.45, 2.75) is 46.1 Å². The Morgan fingerprint density at radius 3 is 2.74 bits per heavy atom. The van der Waals surface area contributed by atoms with Gasteiger partial charge in [0, 0.05) is 0 Å². The first-order valence-corrected chi connectivity index (χ1v) is 7.17. The van der Waals surface area contributed by atoms with Crippen LogP contribution >= 0.6 is 0 Å². The number of carboxylic acids is 1. The Balaban J connectivity index is 2.31. The van der Waals surface area contributed by atoms with Gasteiger partial charge in [-0.05, 0) is 49.0 Å². The molecule has 0 heterocycles. The summed E-state index contributed by atoms with van der Waals surface area (Å²) in [5.41, 5.74) is 1.03. The Labute approximate surface area is 114 Å². The SMILES string of the molecule is CC1=CC[C@@H]2[C@@H]([C@H]([C@@H](C)C(=O)O)CC[C@H]2C)[C@@H]1OO. The first-order valence-electron chi connectivity index (χ1n) is 7.17. The molecule has 2 N–H and O–H groups in total. The van der Waals surface area contributed by atoms with Crippen molar-refractivity contribution < 1.29 is 20.0 Å². The van der Waals surface area contributed by atoms with E-state index in [1.54, 1.807) is 6.92 Å². The smallest absolute Gasteiger partial charge is 0.306 e. The van der Waals surface area contributed by atoms with Crippen molar-refractivity contribution in [1.82, 2.24) is 0 Å². The third-order valence-corrected chi connectivity index (χ3v) is 5.33. The summed E-state index contributed by atoms with van der Waals surface area (Å²) in [6.07, 6.45) is 4.73. The summed E-state index contributed by atoms with van der Waals surface area (Å²) in [7, 11) is 0. The molecule has 0 bridgehead atoms. The molecule has 0 aromatic heterocycles. The predicted molar refractivity (Wildman–Crippen MR) is 71.5 cm³/mol. The van der Waals surface area contributed by atoms with E-state index in [2.05, 4.69) is 13.0 Å². The van der Waals surface area contributed by atoms with Crippen LogP contribution in [-0.2, 0) is 9.68 Å². The second-order valence-corrected chi connectivity index (χ2v) is 6.30. The summed E-state index contributed by atoms with van der Waals surface area (Å²) in [5, 5.41) is 18.5. The highest BCUT2D eigenvalue weighted by Crippen LogP contribution is 2.49. The van der Waals surface area contributed by atoms with Gasteiger partial charge >= 0.3 is 5.97 Å². The Kier molecular flexibility index (Phi) is 4.31. The van der Waals surface area contributed by atoms with E-state index in [1.807, 2.05) is 6.92 Å². The molecule has 0 saturated heterocycles. The van der Waals surface area contributed by atoms with E-state index in [9.17, 15) is 15.2 Å². The number of carbonyl (C=O) groups is 1. The lowest BCUT2D eigenvalue weighted by Crippen LogP contribution is -2.47. The summed E-state index contributed by atoms with van der Waals surface area (Å²) >= 11 is 0. The van der Waals surface area contributed by atoms with Crippen LogP contribution in [0.3, 0.4) is 0 Å². The zero-order chi connectivity index (χ0) is 14.2. The quantitative estimate of drug-likeness (QED) is 0.468. The van der Waals surface area contributed by atoms with E-state index < -0.39 is 5.97 Å². The lowest BCUT2D eigenvalue weighted by Gasteiger charge is -2.48. The fraction of sp³-hybridized carbons (Fsp3) is 0.800. The van der Waals surface area contributed by atoms with Gasteiger partial charge in [0.15, 0.2) is 0 Å². The zero-order valence-corrected chi connectivity index (χ0v) is 11.9. The molecule has 0 spiro atoms. The number of aliphatic carboxylic acids is 1. The fourth-order valence-electron chi connectivity index (χ4n) is 4.06. The average molecular weight is 268 g/mol. The van der Waals surface area contributed by atoms with Crippen LogP contribution in [0, 0.1) is 29.6 Å². The summed E-state index contributed by atoms with van der Waals surface area (Å²) < 4.78 is 0. The number of hydrogen-bond acceptors (Lipinski definition) is 3. The summed E-state index contributed by atoms with van der Waals surface area (Å²) in [6.45, 7) is 5.96. The fourth-order valence-corrected chi connectivity index (χ4v) is 4.06. The molecule has 2 aliphatic rings. The molecule has 0 amide bonds. The van der Waals surface area contributed by atoms with Crippen molar-refractivity contribution in [3.63, 3.8) is 0 Å². The second-order valence-electron chi connectivity index (χ2n) is 6.30. The molecule has 4 nitrogen and oxygen atoms in total. The van der Waals surface area contributed by atoms with E-state index in [1.165, 1.54) is 0 Å². The molecule has 2 rings (SSSR count). The third kappa shape index (κ3) is 2.56. The second kappa shape index (κ2) is 5.63. The molecule has 4 heteroatoms. The van der Waals surface area contributed by atoms with Gasteiger partial charge < -0.3 is 5.11 Å². The predicted octanol–water partition coefficient (Wildman–Crippen LogP) is 3.19. The molecular formula is C15H24O4. The first-order chi connectivity index (χ1) is 8.97. The maximum atomic E-state index is 11.3. The van der Waals surface area contributed by atoms with Gasteiger partial charge in [0.25, 0.3) is 0 Å². The van der Waals surface area contributed by atoms with Crippen molar-refractivity contribution in [3.05, 3.63) is 11.6 Å². The van der Waals surface area contributed by atoms with Crippen LogP contribution in [-0.4, -0.2) is 22.4 Å². The van der Waals surface area contributed by atoms with E-state index >= 15 is 0 Å². The van der Waals surface area contributed by atoms with Gasteiger partial charge in [0.2, 0.25) is 0 Å². The maximum Gasteiger partial charge on any atom is 0.306 e. The van der Waals surface area contributed by atoms with Crippen LogP contribution in [0.15, 0.2) is 11.6 Å². The molecule has 1 saturated carbocycles. The molecule has 0 unspecified atom stereocenters. The zero-order valence-electron chi connectivity index (χ0n) is 11.9. The summed E-state index contributed by atoms with van der Waals surface area (Å²) in [5.74, 6) is 0.0424. The minimum atomic E-state index is -0.748. The largest absolute Gasteiger partial charge is 0.481 e. The van der Waals surface area contributed by atoms with Gasteiger partial charge in [-0.2, -0.15) is 0 Å². The Morgan fingerprint density at radius 2 is 2.16 bits per heavy atom. The van der Waals surface area contributed by atoms with Crippen LogP contribution < -0.4 is 0 Å². The van der Waals surface area contributed by atoms with Crippen molar-refractivity contribution in [1.29, 1.82) is 0 Å². The van der Waals surface area contributed by atoms with E-state index in [0.717, 1.165) is 24.8 Å². The van der Waals surface area contributed by atoms with Gasteiger partial charge in [-0.15, -0.1) is 0 Å². The molecular weight excluding hydrogens is 244 g/mol. The highest BCUT2D eigenvalue weighted by atomic mass is 17.1. The van der Waals surface area contributed by atoms with Crippen LogP contribution in [0.1, 0.15) is 40.0 Å². The molecule has 0 radical (unpaired) electrons. The number of carboxylic acid groups (broad SMARTS) is 1. The standard InChI is InChI=1S/C15H24O4/c1-8-4-7-12(10(3)15(16)17)13-11(8)6-5-9(2)14(13)19-18/h5,8,10-14,18H,4,6-7H2,1-3H3,(H,16,17)/t8-,10-,11+,12+,13+,14-/m1/s1. The monoisotopic (exact) mass is 268 g/mol. The first kappa shape index (κ1) is 14.5. The third-order valence-electron chi connectivity index (χ3n) is 5.33. The molecule has 1 fully saturated rings. The topological polar surface area (TPSA) is 66.8 Å². The van der Waals surface area contributed by atoms with Crippen LogP contribution in [0.5, 0.6) is 0 Å². The van der Waals surface area contributed by atoms with Crippen molar-refractivity contribution in [2.24, 2.45) is 29.6 Å². The van der Waals surface area contributed by atoms with E-state index in [0.29, 0.717) is 11.8 Å². The van der Waals surface area contributed by atoms with Crippen molar-refractivity contribution in [2.75, 3.05) is 0 Å². The summed E-state index contributed by atoms with van der Waals surface area (Å²) in [6, 6.07) is 0. The maximum absolute atomic E-state index is 11.3. The average Bonchev–Trinajstić information content (AvgIpc) is 2.38. The number of fused-ring (bicyclic) bond motifs is 1. The van der Waals surface area contributed by atoms with Crippen LogP contribution in [0.4, 0.5) is 0 Å². The van der Waals surface area contributed by atoms with Gasteiger partial charge in [-0.25, -0.2) is 4.89 Å². The molecule has 6 atom stereocenters. The van der Waals surface area contributed by atoms with Gasteiger partial charge in [0.05, 0.1) is 5.92 Å². The van der Waals surface area contributed by atoms with Crippen molar-refractivity contribution in [3.8, 4) is 0 Å². The van der Waals surface area contributed by atoms with Gasteiger partial charge in [-0.3, -0.25) is 10.1 Å². The highest BCUT2D eigenvalue weighted by Gasteiger charge is 2.47. The Hall–Kier alpha value is -0.870. The molecule has 108 valence electrons. The molecule has 0 aliphatic heterocycles. The number of rotatable bonds is 3. The molecule has 19 heavy (non-hydrogen) atoms. The normalized spacial score (nSPS) is 40.2. The van der Waals surface area contributed by atoms with E-state index in [4.69, 9.17) is 4.89 Å². The minimum Gasteiger partial charge on any atom is -0.481 e. The molecule has 2 aliphatic carbocycles. The summed E-state index contributed by atoms with van der Waals surface area (Å²) in [4.78, 5) is 16.0.